The van der Waals surface area contributed by atoms with Crippen LogP contribution in [0, 0.1) is 0 Å². The van der Waals surface area contributed by atoms with Crippen LogP contribution in [0.25, 0.3) is 0 Å². The maximum absolute atomic E-state index is 11.9. The fraction of sp³-hybridized carbons (Fsp3) is 0.923. The molecular formula is C13H24O4. The predicted octanol–water partition coefficient (Wildman–Crippen LogP) is 2.30. The SMILES string of the molecule is CCCCCC1OC(C)(OC)C(OC)CC1=O. The molecule has 1 fully saturated rings. The van der Waals surface area contributed by atoms with Crippen molar-refractivity contribution in [3.8, 4) is 0 Å². The summed E-state index contributed by atoms with van der Waals surface area (Å²) in [6.45, 7) is 3.98. The topological polar surface area (TPSA) is 44.8 Å². The number of Topliss-reactive ketones (excluding diaryl/α,β-unsaturated/α-hetero) is 1. The van der Waals surface area contributed by atoms with Crippen LogP contribution in [0.1, 0.15) is 46.0 Å². The van der Waals surface area contributed by atoms with Crippen LogP contribution in [-0.2, 0) is 19.0 Å². The van der Waals surface area contributed by atoms with Crippen LogP contribution < -0.4 is 0 Å². The van der Waals surface area contributed by atoms with Crippen molar-refractivity contribution in [2.45, 2.75) is 63.9 Å². The third kappa shape index (κ3) is 3.50. The molecule has 0 radical (unpaired) electrons. The van der Waals surface area contributed by atoms with E-state index in [2.05, 4.69) is 6.92 Å². The van der Waals surface area contributed by atoms with E-state index in [-0.39, 0.29) is 18.0 Å². The Morgan fingerprint density at radius 3 is 2.65 bits per heavy atom. The van der Waals surface area contributed by atoms with Crippen LogP contribution >= 0.6 is 0 Å². The van der Waals surface area contributed by atoms with Crippen LogP contribution in [0.4, 0.5) is 0 Å². The molecule has 0 N–H and O–H groups in total. The number of methoxy groups -OCH3 is 2. The number of hydrogen-bond donors (Lipinski definition) is 0. The number of hydrogen-bond acceptors (Lipinski definition) is 4. The van der Waals surface area contributed by atoms with Gasteiger partial charge in [0.05, 0.1) is 0 Å². The molecule has 0 aromatic carbocycles. The highest BCUT2D eigenvalue weighted by molar-refractivity contribution is 5.84. The normalized spacial score (nSPS) is 34.0. The third-order valence-electron chi connectivity index (χ3n) is 3.47. The van der Waals surface area contributed by atoms with Gasteiger partial charge in [-0.05, 0) is 13.3 Å². The van der Waals surface area contributed by atoms with E-state index in [1.807, 2.05) is 6.92 Å². The second-order valence-corrected chi connectivity index (χ2v) is 4.72. The minimum Gasteiger partial charge on any atom is -0.375 e. The zero-order valence-corrected chi connectivity index (χ0v) is 11.3. The average Bonchev–Trinajstić information content (AvgIpc) is 2.33. The first-order chi connectivity index (χ1) is 8.07. The van der Waals surface area contributed by atoms with Crippen molar-refractivity contribution in [3.63, 3.8) is 0 Å². The van der Waals surface area contributed by atoms with Gasteiger partial charge in [0.2, 0.25) is 0 Å². The molecule has 1 saturated heterocycles. The second kappa shape index (κ2) is 6.47. The van der Waals surface area contributed by atoms with E-state index >= 15 is 0 Å². The average molecular weight is 244 g/mol. The van der Waals surface area contributed by atoms with Crippen molar-refractivity contribution in [3.05, 3.63) is 0 Å². The van der Waals surface area contributed by atoms with Gasteiger partial charge in [-0.3, -0.25) is 4.79 Å². The van der Waals surface area contributed by atoms with E-state index in [1.54, 1.807) is 14.2 Å². The lowest BCUT2D eigenvalue weighted by Crippen LogP contribution is -2.54. The second-order valence-electron chi connectivity index (χ2n) is 4.72. The van der Waals surface area contributed by atoms with Crippen molar-refractivity contribution < 1.29 is 19.0 Å². The molecular weight excluding hydrogens is 220 g/mol. The van der Waals surface area contributed by atoms with Crippen molar-refractivity contribution in [2.75, 3.05) is 14.2 Å². The monoisotopic (exact) mass is 244 g/mol. The number of carbonyl (C=O) groups is 1. The van der Waals surface area contributed by atoms with Gasteiger partial charge in [-0.2, -0.15) is 0 Å². The number of unbranched alkanes of at least 4 members (excludes halogenated alkanes) is 2. The molecule has 0 aromatic heterocycles. The summed E-state index contributed by atoms with van der Waals surface area (Å²) < 4.78 is 16.4. The molecule has 4 nitrogen and oxygen atoms in total. The molecule has 0 spiro atoms. The summed E-state index contributed by atoms with van der Waals surface area (Å²) in [6, 6.07) is 0. The molecule has 17 heavy (non-hydrogen) atoms. The maximum atomic E-state index is 11.9. The van der Waals surface area contributed by atoms with Crippen molar-refractivity contribution >= 4 is 5.78 Å². The van der Waals surface area contributed by atoms with Crippen LogP contribution in [0.5, 0.6) is 0 Å². The summed E-state index contributed by atoms with van der Waals surface area (Å²) in [4.78, 5) is 11.9. The van der Waals surface area contributed by atoms with Crippen molar-refractivity contribution in [1.29, 1.82) is 0 Å². The van der Waals surface area contributed by atoms with E-state index in [1.165, 1.54) is 0 Å². The van der Waals surface area contributed by atoms with Crippen LogP contribution in [0.3, 0.4) is 0 Å². The van der Waals surface area contributed by atoms with Gasteiger partial charge >= 0.3 is 0 Å². The zero-order valence-electron chi connectivity index (χ0n) is 11.3. The first kappa shape index (κ1) is 14.6. The number of ether oxygens (including phenoxy) is 3. The Labute approximate surface area is 104 Å². The summed E-state index contributed by atoms with van der Waals surface area (Å²) in [5, 5.41) is 0. The van der Waals surface area contributed by atoms with Gasteiger partial charge in [-0.15, -0.1) is 0 Å². The Balaban J connectivity index is 2.60. The molecule has 1 rings (SSSR count). The summed E-state index contributed by atoms with van der Waals surface area (Å²) >= 11 is 0. The van der Waals surface area contributed by atoms with Gasteiger partial charge in [-0.25, -0.2) is 0 Å². The van der Waals surface area contributed by atoms with Gasteiger partial charge in [0.1, 0.15) is 12.2 Å². The zero-order chi connectivity index (χ0) is 12.9. The lowest BCUT2D eigenvalue weighted by atomic mass is 9.94. The standard InChI is InChI=1S/C13H24O4/c1-5-6-7-8-11-10(14)9-12(15-3)13(2,16-4)17-11/h11-12H,5-9H2,1-4H3. The molecule has 1 aliphatic rings. The molecule has 0 amide bonds. The molecule has 0 bridgehead atoms. The molecule has 1 aliphatic heterocycles. The predicted molar refractivity (Wildman–Crippen MR) is 64.9 cm³/mol. The Morgan fingerprint density at radius 2 is 2.12 bits per heavy atom. The minimum absolute atomic E-state index is 0.127. The fourth-order valence-corrected chi connectivity index (χ4v) is 2.20. The van der Waals surface area contributed by atoms with Crippen molar-refractivity contribution in [2.24, 2.45) is 0 Å². The highest BCUT2D eigenvalue weighted by Crippen LogP contribution is 2.31. The molecule has 4 heteroatoms. The molecule has 3 atom stereocenters. The lowest BCUT2D eigenvalue weighted by molar-refractivity contribution is -0.294. The maximum Gasteiger partial charge on any atom is 0.192 e. The minimum atomic E-state index is -0.806. The van der Waals surface area contributed by atoms with Crippen molar-refractivity contribution in [1.82, 2.24) is 0 Å². The molecule has 0 aromatic rings. The van der Waals surface area contributed by atoms with E-state index in [4.69, 9.17) is 14.2 Å². The van der Waals surface area contributed by atoms with Gasteiger partial charge in [-0.1, -0.05) is 26.2 Å². The lowest BCUT2D eigenvalue weighted by Gasteiger charge is -2.41. The summed E-state index contributed by atoms with van der Waals surface area (Å²) in [7, 11) is 3.17. The highest BCUT2D eigenvalue weighted by Gasteiger charge is 2.45. The first-order valence-corrected chi connectivity index (χ1v) is 6.35. The van der Waals surface area contributed by atoms with Gasteiger partial charge in [0, 0.05) is 20.6 Å². The molecule has 100 valence electrons. The summed E-state index contributed by atoms with van der Waals surface area (Å²) in [5.74, 6) is -0.679. The molecule has 0 saturated carbocycles. The number of carbonyl (C=O) groups excluding carboxylic acids is 1. The number of rotatable bonds is 6. The number of ketones is 1. The molecule has 1 heterocycles. The fourth-order valence-electron chi connectivity index (χ4n) is 2.20. The summed E-state index contributed by atoms with van der Waals surface area (Å²) in [5.41, 5.74) is 0. The largest absolute Gasteiger partial charge is 0.375 e. The molecule has 0 aliphatic carbocycles. The van der Waals surface area contributed by atoms with E-state index in [0.717, 1.165) is 25.7 Å². The van der Waals surface area contributed by atoms with Gasteiger partial charge in [0.15, 0.2) is 11.6 Å². The van der Waals surface area contributed by atoms with E-state index in [9.17, 15) is 4.79 Å². The molecule has 3 unspecified atom stereocenters. The van der Waals surface area contributed by atoms with E-state index in [0.29, 0.717) is 6.42 Å². The quantitative estimate of drug-likeness (QED) is 0.672. The van der Waals surface area contributed by atoms with Gasteiger partial charge < -0.3 is 14.2 Å². The Kier molecular flexibility index (Phi) is 5.56. The van der Waals surface area contributed by atoms with Crippen LogP contribution in [0.15, 0.2) is 0 Å². The Hall–Kier alpha value is -0.450. The third-order valence-corrected chi connectivity index (χ3v) is 3.47. The highest BCUT2D eigenvalue weighted by atomic mass is 16.7. The van der Waals surface area contributed by atoms with Crippen LogP contribution in [0.2, 0.25) is 0 Å². The van der Waals surface area contributed by atoms with Crippen LogP contribution in [-0.4, -0.2) is 38.0 Å². The van der Waals surface area contributed by atoms with Gasteiger partial charge in [0.25, 0.3) is 0 Å². The van der Waals surface area contributed by atoms with E-state index < -0.39 is 5.79 Å². The Bertz CT molecular complexity index is 254. The first-order valence-electron chi connectivity index (χ1n) is 6.35. The smallest absolute Gasteiger partial charge is 0.192 e. The Morgan fingerprint density at radius 1 is 1.41 bits per heavy atom. The summed E-state index contributed by atoms with van der Waals surface area (Å²) in [6.07, 6.45) is 3.79.